The van der Waals surface area contributed by atoms with Gasteiger partial charge in [-0.1, -0.05) is 11.8 Å². The van der Waals surface area contributed by atoms with Gasteiger partial charge in [0.2, 0.25) is 5.91 Å². The number of nitriles is 1. The molecule has 0 bridgehead atoms. The Balaban J connectivity index is 1.74. The fourth-order valence-electron chi connectivity index (χ4n) is 2.62. The Hall–Kier alpha value is -3.04. The van der Waals surface area contributed by atoms with Gasteiger partial charge in [-0.05, 0) is 67.4 Å². The molecule has 0 spiro atoms. The van der Waals surface area contributed by atoms with Crippen molar-refractivity contribution in [2.45, 2.75) is 18.9 Å². The molecule has 0 aliphatic rings. The van der Waals surface area contributed by atoms with E-state index in [1.54, 1.807) is 31.4 Å². The highest BCUT2D eigenvalue weighted by atomic mass is 32.2. The number of methoxy groups -OCH3 is 1. The first-order valence-corrected chi connectivity index (χ1v) is 9.37. The zero-order valence-corrected chi connectivity index (χ0v) is 16.2. The van der Waals surface area contributed by atoms with Crippen LogP contribution in [0.3, 0.4) is 0 Å². The number of pyridine rings is 1. The van der Waals surface area contributed by atoms with Gasteiger partial charge >= 0.3 is 0 Å². The van der Waals surface area contributed by atoms with Crippen LogP contribution in [0.25, 0.3) is 10.9 Å². The zero-order chi connectivity index (χ0) is 19.4. The van der Waals surface area contributed by atoms with E-state index >= 15 is 0 Å². The van der Waals surface area contributed by atoms with Crippen LogP contribution in [0.2, 0.25) is 0 Å². The van der Waals surface area contributed by atoms with Crippen LogP contribution in [0.15, 0.2) is 47.5 Å². The standard InChI is InChI=1S/C21H19N3O2S/c1-13-8-15-10-16(11-22)21(24-19(15)9-14(13)2)27-12-20(25)23-17-4-6-18(26-3)7-5-17/h4-10H,12H2,1-3H3,(H,23,25). The molecule has 0 saturated heterocycles. The van der Waals surface area contributed by atoms with Crippen molar-refractivity contribution in [3.8, 4) is 11.8 Å². The lowest BCUT2D eigenvalue weighted by Crippen LogP contribution is -2.14. The fraction of sp³-hybridized carbons (Fsp3) is 0.190. The number of fused-ring (bicyclic) bond motifs is 1. The van der Waals surface area contributed by atoms with E-state index in [2.05, 4.69) is 16.4 Å². The van der Waals surface area contributed by atoms with E-state index in [-0.39, 0.29) is 11.7 Å². The van der Waals surface area contributed by atoms with Gasteiger partial charge in [0.05, 0.1) is 23.9 Å². The second kappa shape index (κ2) is 8.11. The molecule has 3 rings (SSSR count). The average molecular weight is 377 g/mol. The number of benzene rings is 2. The van der Waals surface area contributed by atoms with Crippen LogP contribution in [0.1, 0.15) is 16.7 Å². The summed E-state index contributed by atoms with van der Waals surface area (Å²) in [5.74, 6) is 0.743. The zero-order valence-electron chi connectivity index (χ0n) is 15.4. The molecule has 1 aromatic heterocycles. The number of anilines is 1. The van der Waals surface area contributed by atoms with Gasteiger partial charge < -0.3 is 10.1 Å². The summed E-state index contributed by atoms with van der Waals surface area (Å²) in [6.45, 7) is 4.07. The second-order valence-electron chi connectivity index (χ2n) is 6.15. The monoisotopic (exact) mass is 377 g/mol. The summed E-state index contributed by atoms with van der Waals surface area (Å²) in [6, 6.07) is 15.2. The van der Waals surface area contributed by atoms with Gasteiger partial charge in [-0.15, -0.1) is 0 Å². The van der Waals surface area contributed by atoms with Gasteiger partial charge in [0.1, 0.15) is 16.8 Å². The maximum Gasteiger partial charge on any atom is 0.234 e. The Morgan fingerprint density at radius 2 is 1.89 bits per heavy atom. The lowest BCUT2D eigenvalue weighted by molar-refractivity contribution is -0.113. The molecule has 0 radical (unpaired) electrons. The van der Waals surface area contributed by atoms with E-state index in [1.165, 1.54) is 11.8 Å². The van der Waals surface area contributed by atoms with Crippen LogP contribution >= 0.6 is 11.8 Å². The number of nitrogens with zero attached hydrogens (tertiary/aromatic N) is 2. The van der Waals surface area contributed by atoms with Crippen molar-refractivity contribution in [2.75, 3.05) is 18.2 Å². The molecule has 1 amide bonds. The van der Waals surface area contributed by atoms with E-state index in [4.69, 9.17) is 4.74 Å². The van der Waals surface area contributed by atoms with Gasteiger partial charge in [0, 0.05) is 11.1 Å². The summed E-state index contributed by atoms with van der Waals surface area (Å²) >= 11 is 1.26. The van der Waals surface area contributed by atoms with Crippen molar-refractivity contribution < 1.29 is 9.53 Å². The first kappa shape index (κ1) is 18.7. The normalized spacial score (nSPS) is 10.4. The first-order chi connectivity index (χ1) is 13.0. The van der Waals surface area contributed by atoms with Crippen molar-refractivity contribution in [3.05, 3.63) is 59.2 Å². The maximum atomic E-state index is 12.2. The number of amides is 1. The van der Waals surface area contributed by atoms with E-state index in [0.717, 1.165) is 27.8 Å². The van der Waals surface area contributed by atoms with Crippen LogP contribution in [-0.4, -0.2) is 23.8 Å². The molecule has 6 heteroatoms. The summed E-state index contributed by atoms with van der Waals surface area (Å²) in [4.78, 5) is 16.8. The molecule has 0 fully saturated rings. The number of rotatable bonds is 5. The van der Waals surface area contributed by atoms with Crippen LogP contribution in [0, 0.1) is 25.2 Å². The lowest BCUT2D eigenvalue weighted by Gasteiger charge is -2.09. The topological polar surface area (TPSA) is 75.0 Å². The number of carbonyl (C=O) groups is 1. The summed E-state index contributed by atoms with van der Waals surface area (Å²) in [5.41, 5.74) is 4.31. The maximum absolute atomic E-state index is 12.2. The highest BCUT2D eigenvalue weighted by Crippen LogP contribution is 2.26. The Bertz CT molecular complexity index is 1040. The molecule has 0 unspecified atom stereocenters. The van der Waals surface area contributed by atoms with Gasteiger partial charge in [-0.2, -0.15) is 5.26 Å². The van der Waals surface area contributed by atoms with Gasteiger partial charge in [-0.25, -0.2) is 4.98 Å². The average Bonchev–Trinajstić information content (AvgIpc) is 2.67. The van der Waals surface area contributed by atoms with E-state index in [0.29, 0.717) is 16.3 Å². The molecule has 0 aliphatic carbocycles. The Morgan fingerprint density at radius 1 is 1.19 bits per heavy atom. The molecule has 0 saturated carbocycles. The van der Waals surface area contributed by atoms with Crippen LogP contribution in [-0.2, 0) is 4.79 Å². The number of aryl methyl sites for hydroxylation is 2. The summed E-state index contributed by atoms with van der Waals surface area (Å²) in [6.07, 6.45) is 0. The number of thioether (sulfide) groups is 1. The lowest BCUT2D eigenvalue weighted by atomic mass is 10.1. The first-order valence-electron chi connectivity index (χ1n) is 8.39. The third-order valence-electron chi connectivity index (χ3n) is 4.23. The molecule has 27 heavy (non-hydrogen) atoms. The Kier molecular flexibility index (Phi) is 5.63. The molecule has 2 aromatic carbocycles. The number of carbonyl (C=O) groups excluding carboxylic acids is 1. The molecule has 3 aromatic rings. The number of nitrogens with one attached hydrogen (secondary N) is 1. The van der Waals surface area contributed by atoms with Crippen molar-refractivity contribution in [3.63, 3.8) is 0 Å². The van der Waals surface area contributed by atoms with Gasteiger partial charge in [-0.3, -0.25) is 4.79 Å². The largest absolute Gasteiger partial charge is 0.497 e. The van der Waals surface area contributed by atoms with Crippen molar-refractivity contribution in [2.24, 2.45) is 0 Å². The highest BCUT2D eigenvalue weighted by molar-refractivity contribution is 8.00. The molecule has 1 N–H and O–H groups in total. The molecule has 5 nitrogen and oxygen atoms in total. The minimum absolute atomic E-state index is 0.156. The highest BCUT2D eigenvalue weighted by Gasteiger charge is 2.11. The van der Waals surface area contributed by atoms with E-state index < -0.39 is 0 Å². The predicted molar refractivity (Wildman–Crippen MR) is 108 cm³/mol. The van der Waals surface area contributed by atoms with Crippen molar-refractivity contribution in [1.82, 2.24) is 4.98 Å². The van der Waals surface area contributed by atoms with Crippen LogP contribution in [0.4, 0.5) is 5.69 Å². The Morgan fingerprint density at radius 3 is 2.56 bits per heavy atom. The minimum Gasteiger partial charge on any atom is -0.497 e. The molecule has 0 atom stereocenters. The molecule has 136 valence electrons. The summed E-state index contributed by atoms with van der Waals surface area (Å²) < 4.78 is 5.10. The molecular weight excluding hydrogens is 358 g/mol. The second-order valence-corrected chi connectivity index (χ2v) is 7.11. The quantitative estimate of drug-likeness (QED) is 0.664. The number of hydrogen-bond donors (Lipinski definition) is 1. The number of hydrogen-bond acceptors (Lipinski definition) is 5. The third kappa shape index (κ3) is 4.39. The Labute approximate surface area is 162 Å². The van der Waals surface area contributed by atoms with Crippen molar-refractivity contribution in [1.29, 1.82) is 5.26 Å². The fourth-order valence-corrected chi connectivity index (χ4v) is 3.38. The number of ether oxygens (including phenoxy) is 1. The third-order valence-corrected chi connectivity index (χ3v) is 5.22. The number of aromatic nitrogens is 1. The SMILES string of the molecule is COc1ccc(NC(=O)CSc2nc3cc(C)c(C)cc3cc2C#N)cc1. The van der Waals surface area contributed by atoms with E-state index in [1.807, 2.05) is 32.0 Å². The molecule has 1 heterocycles. The van der Waals surface area contributed by atoms with Crippen LogP contribution < -0.4 is 10.1 Å². The molecular formula is C21H19N3O2S. The van der Waals surface area contributed by atoms with Crippen molar-refractivity contribution >= 4 is 34.3 Å². The summed E-state index contributed by atoms with van der Waals surface area (Å²) in [5, 5.41) is 13.8. The smallest absolute Gasteiger partial charge is 0.234 e. The molecule has 0 aliphatic heterocycles. The predicted octanol–water partition coefficient (Wildman–Crippen LogP) is 4.46. The van der Waals surface area contributed by atoms with Gasteiger partial charge in [0.25, 0.3) is 0 Å². The minimum atomic E-state index is -0.156. The van der Waals surface area contributed by atoms with Gasteiger partial charge in [0.15, 0.2) is 0 Å². The van der Waals surface area contributed by atoms with E-state index in [9.17, 15) is 10.1 Å². The summed E-state index contributed by atoms with van der Waals surface area (Å²) in [7, 11) is 1.59. The van der Waals surface area contributed by atoms with Crippen LogP contribution in [0.5, 0.6) is 5.75 Å².